The number of aromatic nitrogens is 2. The number of carbonyl (C=O) groups is 1. The quantitative estimate of drug-likeness (QED) is 0.637. The van der Waals surface area contributed by atoms with Crippen LogP contribution < -0.4 is 0 Å². The van der Waals surface area contributed by atoms with Crippen LogP contribution in [-0.4, -0.2) is 29.9 Å². The van der Waals surface area contributed by atoms with Gasteiger partial charge in [-0.1, -0.05) is 0 Å². The average Bonchev–Trinajstić information content (AvgIpc) is 2.15. The topological polar surface area (TPSA) is 77.0 Å². The Morgan fingerprint density at radius 2 is 2.20 bits per heavy atom. The first-order valence-corrected chi connectivity index (χ1v) is 6.36. The lowest BCUT2D eigenvalue weighted by Crippen LogP contribution is -2.21. The molecule has 0 bridgehead atoms. The Kier molecular flexibility index (Phi) is 2.30. The van der Waals surface area contributed by atoms with Crippen molar-refractivity contribution >= 4 is 15.6 Å². The molecule has 0 amide bonds. The van der Waals surface area contributed by atoms with Crippen molar-refractivity contribution in [3.63, 3.8) is 0 Å². The van der Waals surface area contributed by atoms with Gasteiger partial charge < -0.3 is 0 Å². The van der Waals surface area contributed by atoms with Gasteiger partial charge in [0.15, 0.2) is 21.4 Å². The van der Waals surface area contributed by atoms with E-state index in [-0.39, 0.29) is 23.1 Å². The van der Waals surface area contributed by atoms with Crippen LogP contribution in [0, 0.1) is 0 Å². The Bertz CT molecular complexity index is 522. The molecule has 0 atom stereocenters. The third kappa shape index (κ3) is 2.04. The number of rotatable bonds is 1. The van der Waals surface area contributed by atoms with Crippen LogP contribution in [0.2, 0.25) is 0 Å². The van der Waals surface area contributed by atoms with Crippen LogP contribution in [0.3, 0.4) is 0 Å². The molecule has 1 aliphatic heterocycles. The Labute approximate surface area is 87.5 Å². The van der Waals surface area contributed by atoms with Gasteiger partial charge in [0.05, 0.1) is 17.2 Å². The summed E-state index contributed by atoms with van der Waals surface area (Å²) in [5.41, 5.74) is 1.30. The van der Waals surface area contributed by atoms with Gasteiger partial charge in [0.1, 0.15) is 0 Å². The van der Waals surface area contributed by atoms with Gasteiger partial charge in [-0.25, -0.2) is 18.4 Å². The number of carbonyl (C=O) groups excluding carboxylic acids is 1. The molecule has 1 aromatic rings. The second-order valence-corrected chi connectivity index (χ2v) is 5.75. The van der Waals surface area contributed by atoms with Gasteiger partial charge in [0.25, 0.3) is 0 Å². The van der Waals surface area contributed by atoms with Crippen molar-refractivity contribution in [3.8, 4) is 0 Å². The summed E-state index contributed by atoms with van der Waals surface area (Å²) in [5, 5.41) is 0. The molecule has 1 aliphatic rings. The smallest absolute Gasteiger partial charge is 0.196 e. The van der Waals surface area contributed by atoms with E-state index >= 15 is 0 Å². The van der Waals surface area contributed by atoms with Crippen LogP contribution in [0.5, 0.6) is 0 Å². The molecule has 80 valence electrons. The molecule has 0 unspecified atom stereocenters. The standard InChI is InChI=1S/C9H10N2O3S/c1-6(12)9-10-4-7-2-3-15(13,14)5-8(7)11-9/h4H,2-3,5H2,1H3. The molecular formula is C9H10N2O3S. The van der Waals surface area contributed by atoms with Crippen molar-refractivity contribution < 1.29 is 13.2 Å². The zero-order chi connectivity index (χ0) is 11.1. The molecule has 0 aromatic carbocycles. The van der Waals surface area contributed by atoms with Crippen LogP contribution in [0.25, 0.3) is 0 Å². The molecule has 0 aliphatic carbocycles. The number of hydrogen-bond acceptors (Lipinski definition) is 5. The fourth-order valence-corrected chi connectivity index (χ4v) is 2.83. The predicted octanol–water partition coefficient (Wildman–Crippen LogP) is 0.150. The summed E-state index contributed by atoms with van der Waals surface area (Å²) in [7, 11) is -3.04. The van der Waals surface area contributed by atoms with Gasteiger partial charge in [-0.15, -0.1) is 0 Å². The van der Waals surface area contributed by atoms with Crippen molar-refractivity contribution in [3.05, 3.63) is 23.3 Å². The Morgan fingerprint density at radius 1 is 1.47 bits per heavy atom. The van der Waals surface area contributed by atoms with Crippen LogP contribution in [-0.2, 0) is 22.0 Å². The number of sulfone groups is 1. The monoisotopic (exact) mass is 226 g/mol. The number of Topliss-reactive ketones (excluding diaryl/α,β-unsaturated/α-hetero) is 1. The molecule has 2 heterocycles. The Balaban J connectivity index is 2.48. The van der Waals surface area contributed by atoms with Gasteiger partial charge in [-0.3, -0.25) is 4.79 Å². The van der Waals surface area contributed by atoms with Gasteiger partial charge in [-0.2, -0.15) is 0 Å². The van der Waals surface area contributed by atoms with E-state index in [9.17, 15) is 13.2 Å². The molecule has 5 nitrogen and oxygen atoms in total. The zero-order valence-electron chi connectivity index (χ0n) is 8.23. The second kappa shape index (κ2) is 3.37. The van der Waals surface area contributed by atoms with Crippen LogP contribution in [0.4, 0.5) is 0 Å². The second-order valence-electron chi connectivity index (χ2n) is 3.56. The summed E-state index contributed by atoms with van der Waals surface area (Å²) in [6, 6.07) is 0. The number of fused-ring (bicyclic) bond motifs is 1. The molecule has 6 heteroatoms. The normalized spacial score (nSPS) is 18.2. The van der Waals surface area contributed by atoms with E-state index in [1.807, 2.05) is 0 Å². The third-order valence-electron chi connectivity index (χ3n) is 2.31. The molecule has 15 heavy (non-hydrogen) atoms. The molecule has 1 aromatic heterocycles. The first-order chi connectivity index (χ1) is 6.98. The molecule has 0 saturated carbocycles. The maximum absolute atomic E-state index is 11.3. The molecule has 0 fully saturated rings. The maximum Gasteiger partial charge on any atom is 0.196 e. The third-order valence-corrected chi connectivity index (χ3v) is 3.85. The maximum atomic E-state index is 11.3. The van der Waals surface area contributed by atoms with E-state index in [4.69, 9.17) is 0 Å². The highest BCUT2D eigenvalue weighted by atomic mass is 32.2. The minimum absolute atomic E-state index is 0.0782. The van der Waals surface area contributed by atoms with Gasteiger partial charge in [0.2, 0.25) is 0 Å². The lowest BCUT2D eigenvalue weighted by Gasteiger charge is -2.14. The van der Waals surface area contributed by atoms with Crippen molar-refractivity contribution in [1.29, 1.82) is 0 Å². The average molecular weight is 226 g/mol. The van der Waals surface area contributed by atoms with Gasteiger partial charge in [-0.05, 0) is 12.0 Å². The van der Waals surface area contributed by atoms with Gasteiger partial charge >= 0.3 is 0 Å². The summed E-state index contributed by atoms with van der Waals surface area (Å²) < 4.78 is 22.7. The fraction of sp³-hybridized carbons (Fsp3) is 0.444. The van der Waals surface area contributed by atoms with Crippen LogP contribution >= 0.6 is 0 Å². The fourth-order valence-electron chi connectivity index (χ4n) is 1.49. The van der Waals surface area contributed by atoms with E-state index in [0.29, 0.717) is 12.1 Å². The predicted molar refractivity (Wildman–Crippen MR) is 53.2 cm³/mol. The Hall–Kier alpha value is -1.30. The number of nitrogens with zero attached hydrogens (tertiary/aromatic N) is 2. The summed E-state index contributed by atoms with van der Waals surface area (Å²) in [6.07, 6.45) is 1.99. The molecule has 0 radical (unpaired) electrons. The first-order valence-electron chi connectivity index (χ1n) is 4.54. The molecule has 0 spiro atoms. The minimum atomic E-state index is -3.04. The molecular weight excluding hydrogens is 216 g/mol. The van der Waals surface area contributed by atoms with Gasteiger partial charge in [0, 0.05) is 13.1 Å². The van der Waals surface area contributed by atoms with E-state index in [1.54, 1.807) is 6.20 Å². The highest BCUT2D eigenvalue weighted by molar-refractivity contribution is 7.90. The number of ketones is 1. The van der Waals surface area contributed by atoms with Crippen molar-refractivity contribution in [2.45, 2.75) is 19.1 Å². The number of aryl methyl sites for hydroxylation is 1. The first kappa shape index (κ1) is 10.2. The largest absolute Gasteiger partial charge is 0.291 e. The van der Waals surface area contributed by atoms with E-state index in [2.05, 4.69) is 9.97 Å². The summed E-state index contributed by atoms with van der Waals surface area (Å²) >= 11 is 0. The summed E-state index contributed by atoms with van der Waals surface area (Å²) in [4.78, 5) is 18.9. The van der Waals surface area contributed by atoms with E-state index in [0.717, 1.165) is 5.56 Å². The van der Waals surface area contributed by atoms with E-state index in [1.165, 1.54) is 6.92 Å². The highest BCUT2D eigenvalue weighted by Crippen LogP contribution is 2.17. The minimum Gasteiger partial charge on any atom is -0.291 e. The van der Waals surface area contributed by atoms with Crippen LogP contribution in [0.1, 0.15) is 28.8 Å². The van der Waals surface area contributed by atoms with E-state index < -0.39 is 9.84 Å². The Morgan fingerprint density at radius 3 is 2.87 bits per heavy atom. The summed E-state index contributed by atoms with van der Waals surface area (Å²) in [6.45, 7) is 1.36. The molecule has 0 N–H and O–H groups in total. The molecule has 2 rings (SSSR count). The van der Waals surface area contributed by atoms with Crippen molar-refractivity contribution in [1.82, 2.24) is 9.97 Å². The van der Waals surface area contributed by atoms with Crippen molar-refractivity contribution in [2.75, 3.05) is 5.75 Å². The summed E-state index contributed by atoms with van der Waals surface area (Å²) in [5.74, 6) is -0.0971. The van der Waals surface area contributed by atoms with Crippen molar-refractivity contribution in [2.24, 2.45) is 0 Å². The van der Waals surface area contributed by atoms with Crippen LogP contribution in [0.15, 0.2) is 6.20 Å². The zero-order valence-corrected chi connectivity index (χ0v) is 9.04. The lowest BCUT2D eigenvalue weighted by molar-refractivity contribution is 0.100. The lowest BCUT2D eigenvalue weighted by atomic mass is 10.2. The molecule has 0 saturated heterocycles. The number of hydrogen-bond donors (Lipinski definition) is 0. The highest BCUT2D eigenvalue weighted by Gasteiger charge is 2.23. The SMILES string of the molecule is CC(=O)c1ncc2c(n1)CS(=O)(=O)CC2.